The van der Waals surface area contributed by atoms with Crippen molar-refractivity contribution in [3.05, 3.63) is 24.0 Å². The molecular formula is C19H26FN3OS. The molecule has 3 rings (SSSR count). The van der Waals surface area contributed by atoms with Crippen molar-refractivity contribution in [2.24, 2.45) is 5.92 Å². The fourth-order valence-electron chi connectivity index (χ4n) is 3.50. The van der Waals surface area contributed by atoms with Crippen LogP contribution in [0.2, 0.25) is 0 Å². The maximum Gasteiger partial charge on any atom is 0.227 e. The topological polar surface area (TPSA) is 36.4 Å². The number of hydrogen-bond donors (Lipinski definition) is 0. The first kappa shape index (κ1) is 18.1. The van der Waals surface area contributed by atoms with E-state index in [1.54, 1.807) is 6.07 Å². The van der Waals surface area contributed by atoms with Gasteiger partial charge < -0.3 is 9.80 Å². The number of hydrogen-bond acceptors (Lipinski definition) is 4. The molecule has 1 aromatic carbocycles. The van der Waals surface area contributed by atoms with E-state index in [0.29, 0.717) is 6.54 Å². The number of rotatable bonds is 6. The zero-order valence-corrected chi connectivity index (χ0v) is 15.8. The van der Waals surface area contributed by atoms with Gasteiger partial charge in [-0.3, -0.25) is 4.79 Å². The Kier molecular flexibility index (Phi) is 5.89. The molecular weight excluding hydrogens is 337 g/mol. The first-order valence-electron chi connectivity index (χ1n) is 9.22. The summed E-state index contributed by atoms with van der Waals surface area (Å²) in [5.41, 5.74) is 0.827. The third kappa shape index (κ3) is 4.11. The van der Waals surface area contributed by atoms with Crippen LogP contribution in [0.3, 0.4) is 0 Å². The summed E-state index contributed by atoms with van der Waals surface area (Å²) in [6.07, 6.45) is 3.92. The summed E-state index contributed by atoms with van der Waals surface area (Å²) < 4.78 is 14.3. The largest absolute Gasteiger partial charge is 0.347 e. The highest BCUT2D eigenvalue weighted by molar-refractivity contribution is 7.22. The third-order valence-corrected chi connectivity index (χ3v) is 5.76. The first-order valence-corrected chi connectivity index (χ1v) is 10.0. The Bertz CT molecular complexity index is 727. The van der Waals surface area contributed by atoms with Crippen LogP contribution in [-0.2, 0) is 4.79 Å². The second kappa shape index (κ2) is 8.13. The van der Waals surface area contributed by atoms with Gasteiger partial charge in [0.05, 0.1) is 16.1 Å². The van der Waals surface area contributed by atoms with E-state index in [1.165, 1.54) is 23.5 Å². The molecule has 1 amide bonds. The summed E-state index contributed by atoms with van der Waals surface area (Å²) in [6, 6.07) is 4.70. The molecule has 0 aliphatic carbocycles. The van der Waals surface area contributed by atoms with E-state index in [2.05, 4.69) is 23.7 Å². The molecule has 1 unspecified atom stereocenters. The lowest BCUT2D eigenvalue weighted by molar-refractivity contribution is -0.135. The number of halogens is 1. The second-order valence-corrected chi connectivity index (χ2v) is 7.73. The zero-order valence-electron chi connectivity index (χ0n) is 15.0. The van der Waals surface area contributed by atoms with Gasteiger partial charge in [0.25, 0.3) is 0 Å². The standard InChI is InChI=1S/C19H26FN3OS/c1-3-9-22(10-4-2)18(24)14-6-5-11-23(13-14)19-21-16-8-7-15(20)12-17(16)25-19/h7-8,12,14H,3-6,9-11,13H2,1-2H3. The number of fused-ring (bicyclic) bond motifs is 1. The van der Waals surface area contributed by atoms with Gasteiger partial charge in [-0.25, -0.2) is 9.37 Å². The Hall–Kier alpha value is -1.69. The predicted octanol–water partition coefficient (Wildman–Crippen LogP) is 4.30. The molecule has 136 valence electrons. The molecule has 1 aliphatic heterocycles. The molecule has 1 aliphatic rings. The Morgan fingerprint density at radius 1 is 1.36 bits per heavy atom. The summed E-state index contributed by atoms with van der Waals surface area (Å²) >= 11 is 1.51. The zero-order chi connectivity index (χ0) is 17.8. The van der Waals surface area contributed by atoms with Crippen molar-refractivity contribution in [1.82, 2.24) is 9.88 Å². The monoisotopic (exact) mass is 363 g/mol. The third-order valence-electron chi connectivity index (χ3n) is 4.68. The highest BCUT2D eigenvalue weighted by Gasteiger charge is 2.30. The van der Waals surface area contributed by atoms with Crippen LogP contribution in [0.5, 0.6) is 0 Å². The van der Waals surface area contributed by atoms with Crippen LogP contribution in [0.4, 0.5) is 9.52 Å². The van der Waals surface area contributed by atoms with Gasteiger partial charge in [0.2, 0.25) is 5.91 Å². The molecule has 0 spiro atoms. The molecule has 1 saturated heterocycles. The van der Waals surface area contributed by atoms with Crippen molar-refractivity contribution in [3.8, 4) is 0 Å². The fourth-order valence-corrected chi connectivity index (χ4v) is 4.53. The predicted molar refractivity (Wildman–Crippen MR) is 102 cm³/mol. The van der Waals surface area contributed by atoms with Crippen molar-refractivity contribution in [2.45, 2.75) is 39.5 Å². The van der Waals surface area contributed by atoms with Gasteiger partial charge >= 0.3 is 0 Å². The number of benzene rings is 1. The number of nitrogens with zero attached hydrogens (tertiary/aromatic N) is 3. The average molecular weight is 364 g/mol. The van der Waals surface area contributed by atoms with E-state index in [-0.39, 0.29) is 17.6 Å². The van der Waals surface area contributed by atoms with E-state index in [4.69, 9.17) is 0 Å². The number of anilines is 1. The minimum Gasteiger partial charge on any atom is -0.347 e. The van der Waals surface area contributed by atoms with Gasteiger partial charge in [0, 0.05) is 26.2 Å². The number of carbonyl (C=O) groups is 1. The smallest absolute Gasteiger partial charge is 0.227 e. The van der Waals surface area contributed by atoms with Crippen molar-refractivity contribution in [2.75, 3.05) is 31.1 Å². The molecule has 0 N–H and O–H groups in total. The Morgan fingerprint density at radius 3 is 2.84 bits per heavy atom. The van der Waals surface area contributed by atoms with Gasteiger partial charge in [0.1, 0.15) is 5.82 Å². The lowest BCUT2D eigenvalue weighted by Crippen LogP contribution is -2.45. The van der Waals surface area contributed by atoms with Gasteiger partial charge in [-0.2, -0.15) is 0 Å². The molecule has 0 saturated carbocycles. The maximum atomic E-state index is 13.4. The molecule has 6 heteroatoms. The SMILES string of the molecule is CCCN(CCC)C(=O)C1CCCN(c2nc3ccc(F)cc3s2)C1. The summed E-state index contributed by atoms with van der Waals surface area (Å²) in [5, 5.41) is 0.899. The Labute approximate surface area is 152 Å². The summed E-state index contributed by atoms with van der Waals surface area (Å²) in [5.74, 6) is 0.0836. The van der Waals surface area contributed by atoms with Gasteiger partial charge in [0.15, 0.2) is 5.13 Å². The lowest BCUT2D eigenvalue weighted by atomic mass is 9.96. The van der Waals surface area contributed by atoms with Crippen LogP contribution in [-0.4, -0.2) is 42.0 Å². The molecule has 1 aromatic heterocycles. The molecule has 0 radical (unpaired) electrons. The highest BCUT2D eigenvalue weighted by atomic mass is 32.1. The van der Waals surface area contributed by atoms with E-state index < -0.39 is 0 Å². The summed E-state index contributed by atoms with van der Waals surface area (Å²) in [7, 11) is 0. The minimum atomic E-state index is -0.232. The van der Waals surface area contributed by atoms with E-state index >= 15 is 0 Å². The molecule has 4 nitrogen and oxygen atoms in total. The normalized spacial score (nSPS) is 17.9. The van der Waals surface area contributed by atoms with Crippen LogP contribution in [0.15, 0.2) is 18.2 Å². The van der Waals surface area contributed by atoms with Crippen LogP contribution >= 0.6 is 11.3 Å². The second-order valence-electron chi connectivity index (χ2n) is 6.72. The molecule has 0 bridgehead atoms. The summed E-state index contributed by atoms with van der Waals surface area (Å²) in [4.78, 5) is 21.8. The van der Waals surface area contributed by atoms with Crippen molar-refractivity contribution in [3.63, 3.8) is 0 Å². The first-order chi connectivity index (χ1) is 12.1. The van der Waals surface area contributed by atoms with Gasteiger partial charge in [-0.05, 0) is 43.9 Å². The fraction of sp³-hybridized carbons (Fsp3) is 0.579. The van der Waals surface area contributed by atoms with Crippen molar-refractivity contribution in [1.29, 1.82) is 0 Å². The van der Waals surface area contributed by atoms with Crippen LogP contribution in [0, 0.1) is 11.7 Å². The number of carbonyl (C=O) groups excluding carboxylic acids is 1. The Morgan fingerprint density at radius 2 is 2.12 bits per heavy atom. The van der Waals surface area contributed by atoms with E-state index in [0.717, 1.165) is 60.7 Å². The molecule has 1 atom stereocenters. The molecule has 2 heterocycles. The molecule has 25 heavy (non-hydrogen) atoms. The average Bonchev–Trinajstić information content (AvgIpc) is 3.04. The number of aromatic nitrogens is 1. The molecule has 1 fully saturated rings. The quantitative estimate of drug-likeness (QED) is 0.768. The van der Waals surface area contributed by atoms with Crippen LogP contribution in [0.25, 0.3) is 10.2 Å². The minimum absolute atomic E-state index is 0.0376. The van der Waals surface area contributed by atoms with Crippen molar-refractivity contribution < 1.29 is 9.18 Å². The highest BCUT2D eigenvalue weighted by Crippen LogP contribution is 2.32. The van der Waals surface area contributed by atoms with E-state index in [1.807, 2.05) is 4.90 Å². The van der Waals surface area contributed by atoms with Gasteiger partial charge in [-0.15, -0.1) is 0 Å². The lowest BCUT2D eigenvalue weighted by Gasteiger charge is -2.34. The number of amides is 1. The Balaban J connectivity index is 1.74. The summed E-state index contributed by atoms with van der Waals surface area (Å²) in [6.45, 7) is 7.53. The number of piperidine rings is 1. The van der Waals surface area contributed by atoms with E-state index in [9.17, 15) is 9.18 Å². The number of thiazole rings is 1. The van der Waals surface area contributed by atoms with Gasteiger partial charge in [-0.1, -0.05) is 25.2 Å². The van der Waals surface area contributed by atoms with Crippen LogP contribution in [0.1, 0.15) is 39.5 Å². The molecule has 2 aromatic rings. The maximum absolute atomic E-state index is 13.4. The van der Waals surface area contributed by atoms with Crippen LogP contribution < -0.4 is 4.90 Å². The van der Waals surface area contributed by atoms with Crippen molar-refractivity contribution >= 4 is 32.6 Å².